The summed E-state index contributed by atoms with van der Waals surface area (Å²) in [4.78, 5) is 27.4. The summed E-state index contributed by atoms with van der Waals surface area (Å²) in [5.41, 5.74) is 0.506. The van der Waals surface area contributed by atoms with E-state index in [-0.39, 0.29) is 17.4 Å². The number of nitro benzene ring substituents is 1. The van der Waals surface area contributed by atoms with Gasteiger partial charge in [-0.1, -0.05) is 29.8 Å². The molecule has 0 atom stereocenters. The smallest absolute Gasteiger partial charge is 0.416 e. The van der Waals surface area contributed by atoms with Crippen LogP contribution in [-0.4, -0.2) is 16.0 Å². The summed E-state index contributed by atoms with van der Waals surface area (Å²) in [5, 5.41) is 14.4. The minimum absolute atomic E-state index is 0.181. The van der Waals surface area contributed by atoms with Crippen molar-refractivity contribution in [3.63, 3.8) is 0 Å². The van der Waals surface area contributed by atoms with E-state index in [1.807, 2.05) is 31.2 Å². The molecule has 0 aliphatic carbocycles. The third-order valence-corrected chi connectivity index (χ3v) is 5.71. The van der Waals surface area contributed by atoms with Crippen molar-refractivity contribution in [2.45, 2.75) is 13.1 Å². The second-order valence-electron chi connectivity index (χ2n) is 7.43. The highest BCUT2D eigenvalue weighted by Crippen LogP contribution is 2.38. The number of ether oxygens (including phenoxy) is 1. The van der Waals surface area contributed by atoms with Crippen molar-refractivity contribution in [2.24, 2.45) is 4.99 Å². The molecule has 4 rings (SSSR count). The maximum atomic E-state index is 12.9. The Labute approximate surface area is 201 Å². The molecule has 1 fully saturated rings. The van der Waals surface area contributed by atoms with E-state index in [4.69, 9.17) is 4.74 Å². The molecule has 0 aromatic heterocycles. The summed E-state index contributed by atoms with van der Waals surface area (Å²) < 4.78 is 44.1. The van der Waals surface area contributed by atoms with Crippen molar-refractivity contribution in [2.75, 3.05) is 0 Å². The van der Waals surface area contributed by atoms with Gasteiger partial charge in [0.05, 0.1) is 21.1 Å². The number of rotatable bonds is 5. The van der Waals surface area contributed by atoms with Gasteiger partial charge in [-0.15, -0.1) is 0 Å². The average Bonchev–Trinajstić information content (AvgIpc) is 3.14. The molecule has 35 heavy (non-hydrogen) atoms. The molecule has 0 radical (unpaired) electrons. The van der Waals surface area contributed by atoms with Crippen LogP contribution in [0.25, 0.3) is 6.08 Å². The highest BCUT2D eigenvalue weighted by atomic mass is 32.2. The third kappa shape index (κ3) is 5.87. The molecule has 11 heteroatoms. The normalized spacial score (nSPS) is 15.9. The van der Waals surface area contributed by atoms with E-state index in [0.29, 0.717) is 33.5 Å². The lowest BCUT2D eigenvalue weighted by atomic mass is 10.1. The SMILES string of the molecule is Cc1ccc(N=C2NC(=O)/C(=C\c3ccc(Oc4ccc(C(F)(F)F)cc4[N+](=O)[O-])cc3)S2)cc1. The van der Waals surface area contributed by atoms with Crippen LogP contribution < -0.4 is 10.1 Å². The molecule has 3 aromatic carbocycles. The lowest BCUT2D eigenvalue weighted by Crippen LogP contribution is -2.19. The minimum Gasteiger partial charge on any atom is -0.450 e. The van der Waals surface area contributed by atoms with Crippen molar-refractivity contribution in [3.05, 3.63) is 98.4 Å². The van der Waals surface area contributed by atoms with Crippen LogP contribution in [0.2, 0.25) is 0 Å². The first kappa shape index (κ1) is 24.0. The number of aryl methyl sites for hydroxylation is 1. The first-order chi connectivity index (χ1) is 16.6. The molecule has 3 aromatic rings. The van der Waals surface area contributed by atoms with Crippen LogP contribution in [0.4, 0.5) is 24.5 Å². The first-order valence-corrected chi connectivity index (χ1v) is 10.9. The number of halogens is 3. The van der Waals surface area contributed by atoms with E-state index in [2.05, 4.69) is 10.3 Å². The second kappa shape index (κ2) is 9.63. The lowest BCUT2D eigenvalue weighted by Gasteiger charge is -2.10. The van der Waals surface area contributed by atoms with Crippen LogP contribution in [0.3, 0.4) is 0 Å². The molecule has 1 amide bonds. The zero-order chi connectivity index (χ0) is 25.2. The Bertz CT molecular complexity index is 1350. The van der Waals surface area contributed by atoms with Crippen molar-refractivity contribution in [1.29, 1.82) is 0 Å². The quantitative estimate of drug-likeness (QED) is 0.242. The number of nitrogens with one attached hydrogen (secondary N) is 1. The van der Waals surface area contributed by atoms with E-state index in [0.717, 1.165) is 11.6 Å². The van der Waals surface area contributed by atoms with E-state index in [1.54, 1.807) is 18.2 Å². The van der Waals surface area contributed by atoms with Crippen LogP contribution in [-0.2, 0) is 11.0 Å². The molecular formula is C24H16F3N3O4S. The molecule has 1 aliphatic heterocycles. The molecular weight excluding hydrogens is 483 g/mol. The van der Waals surface area contributed by atoms with Gasteiger partial charge in [0.15, 0.2) is 5.17 Å². The van der Waals surface area contributed by atoms with Gasteiger partial charge >= 0.3 is 11.9 Å². The van der Waals surface area contributed by atoms with Crippen molar-refractivity contribution < 1.29 is 27.6 Å². The van der Waals surface area contributed by atoms with E-state index in [1.165, 1.54) is 23.9 Å². The molecule has 1 N–H and O–H groups in total. The van der Waals surface area contributed by atoms with Gasteiger partial charge in [0, 0.05) is 6.07 Å². The Morgan fingerprint density at radius 1 is 1.06 bits per heavy atom. The zero-order valence-electron chi connectivity index (χ0n) is 18.0. The van der Waals surface area contributed by atoms with Crippen LogP contribution in [0, 0.1) is 17.0 Å². The number of hydrogen-bond donors (Lipinski definition) is 1. The van der Waals surface area contributed by atoms with Crippen molar-refractivity contribution >= 4 is 40.3 Å². The molecule has 1 saturated heterocycles. The van der Waals surface area contributed by atoms with Gasteiger partial charge in [0.25, 0.3) is 5.91 Å². The maximum Gasteiger partial charge on any atom is 0.416 e. The second-order valence-corrected chi connectivity index (χ2v) is 8.46. The lowest BCUT2D eigenvalue weighted by molar-refractivity contribution is -0.385. The minimum atomic E-state index is -4.71. The van der Waals surface area contributed by atoms with Gasteiger partial charge in [-0.25, -0.2) is 4.99 Å². The monoisotopic (exact) mass is 499 g/mol. The molecule has 0 bridgehead atoms. The van der Waals surface area contributed by atoms with E-state index in [9.17, 15) is 28.1 Å². The zero-order valence-corrected chi connectivity index (χ0v) is 18.8. The van der Waals surface area contributed by atoms with Crippen LogP contribution in [0.5, 0.6) is 11.5 Å². The number of thioether (sulfide) groups is 1. The van der Waals surface area contributed by atoms with Crippen LogP contribution in [0.15, 0.2) is 76.6 Å². The van der Waals surface area contributed by atoms with Gasteiger partial charge in [-0.2, -0.15) is 13.2 Å². The topological polar surface area (TPSA) is 93.8 Å². The average molecular weight is 499 g/mol. The van der Waals surface area contributed by atoms with E-state index < -0.39 is 22.4 Å². The number of benzene rings is 3. The molecule has 0 saturated carbocycles. The first-order valence-electron chi connectivity index (χ1n) is 10.1. The fraction of sp³-hybridized carbons (Fsp3) is 0.0833. The van der Waals surface area contributed by atoms with Gasteiger partial charge in [-0.3, -0.25) is 14.9 Å². The number of carbonyl (C=O) groups excluding carboxylic acids is 1. The van der Waals surface area contributed by atoms with Gasteiger partial charge < -0.3 is 10.1 Å². The van der Waals surface area contributed by atoms with E-state index >= 15 is 0 Å². The van der Waals surface area contributed by atoms with Crippen LogP contribution >= 0.6 is 11.8 Å². The standard InChI is InChI=1S/C24H16F3N3O4S/c1-14-2-7-17(8-3-14)28-23-29-22(31)21(35-23)12-15-4-9-18(10-5-15)34-20-11-6-16(24(25,26)27)13-19(20)30(32)33/h2-13H,1H3,(H,28,29,31)/b21-12+. The number of hydrogen-bond acceptors (Lipinski definition) is 6. The van der Waals surface area contributed by atoms with Crippen LogP contribution in [0.1, 0.15) is 16.7 Å². The summed E-state index contributed by atoms with van der Waals surface area (Å²) in [5.74, 6) is -0.446. The molecule has 0 unspecified atom stereocenters. The number of nitro groups is 1. The Morgan fingerprint density at radius 3 is 2.37 bits per heavy atom. The highest BCUT2D eigenvalue weighted by Gasteiger charge is 2.33. The Morgan fingerprint density at radius 2 is 1.74 bits per heavy atom. The number of alkyl halides is 3. The maximum absolute atomic E-state index is 12.9. The number of amidine groups is 1. The fourth-order valence-electron chi connectivity index (χ4n) is 3.05. The number of amides is 1. The van der Waals surface area contributed by atoms with Gasteiger partial charge in [0.2, 0.25) is 5.75 Å². The Kier molecular flexibility index (Phi) is 6.61. The van der Waals surface area contributed by atoms with Crippen molar-refractivity contribution in [3.8, 4) is 11.5 Å². The summed E-state index contributed by atoms with van der Waals surface area (Å²) in [6.45, 7) is 1.96. The molecule has 1 aliphatic rings. The number of nitrogens with zero attached hydrogens (tertiary/aromatic N) is 2. The predicted molar refractivity (Wildman–Crippen MR) is 127 cm³/mol. The summed E-state index contributed by atoms with van der Waals surface area (Å²) in [6, 6.07) is 15.8. The highest BCUT2D eigenvalue weighted by molar-refractivity contribution is 8.18. The molecule has 0 spiro atoms. The van der Waals surface area contributed by atoms with Crippen molar-refractivity contribution in [1.82, 2.24) is 5.32 Å². The number of carbonyl (C=O) groups is 1. The predicted octanol–water partition coefficient (Wildman–Crippen LogP) is 6.61. The fourth-order valence-corrected chi connectivity index (χ4v) is 3.89. The Balaban J connectivity index is 1.49. The summed E-state index contributed by atoms with van der Waals surface area (Å²) in [6.07, 6.45) is -3.07. The summed E-state index contributed by atoms with van der Waals surface area (Å²) >= 11 is 1.18. The number of aliphatic imine (C=N–C) groups is 1. The summed E-state index contributed by atoms with van der Waals surface area (Å²) in [7, 11) is 0. The Hall–Kier alpha value is -4.12. The van der Waals surface area contributed by atoms with Gasteiger partial charge in [0.1, 0.15) is 5.75 Å². The van der Waals surface area contributed by atoms with Gasteiger partial charge in [-0.05, 0) is 66.7 Å². The molecule has 178 valence electrons. The largest absolute Gasteiger partial charge is 0.450 e. The molecule has 1 heterocycles. The third-order valence-electron chi connectivity index (χ3n) is 4.80. The molecule has 7 nitrogen and oxygen atoms in total.